The molecule has 2 aliphatic rings. The van der Waals surface area contributed by atoms with Crippen LogP contribution in [0.1, 0.15) is 53.2 Å². The first-order valence-electron chi connectivity index (χ1n) is 15.7. The number of hydrogen-bond donors (Lipinski definition) is 1. The monoisotopic (exact) mass is 728 g/mol. The molecule has 1 atom stereocenters. The molecule has 3 heterocycles. The minimum atomic E-state index is -4.79. The maximum Gasteiger partial charge on any atom is 0.412 e. The molecule has 4 aromatic rings. The van der Waals surface area contributed by atoms with Gasteiger partial charge >= 0.3 is 6.18 Å². The molecule has 0 saturated carbocycles. The summed E-state index contributed by atoms with van der Waals surface area (Å²) in [6, 6.07) is 17.1. The Morgan fingerprint density at radius 1 is 0.979 bits per heavy atom. The van der Waals surface area contributed by atoms with Gasteiger partial charge in [0.1, 0.15) is 0 Å². The van der Waals surface area contributed by atoms with Gasteiger partial charge in [-0.05, 0) is 75.6 Å². The van der Waals surface area contributed by atoms with Gasteiger partial charge < -0.3 is 10.2 Å². The first-order valence-corrected chi connectivity index (χ1v) is 18.4. The number of benzene rings is 3. The largest absolute Gasteiger partial charge is 0.412 e. The van der Waals surface area contributed by atoms with Crippen LogP contribution in [0.3, 0.4) is 0 Å². The molecular formula is C35H36BrF3N4O3S. The third-order valence-electron chi connectivity index (χ3n) is 9.14. The third-order valence-corrected chi connectivity index (χ3v) is 10.8. The molecule has 1 amide bonds. The Morgan fingerprint density at radius 2 is 1.66 bits per heavy atom. The number of pyridine rings is 1. The number of alkyl halides is 3. The summed E-state index contributed by atoms with van der Waals surface area (Å²) < 4.78 is 70.2. The van der Waals surface area contributed by atoms with Crippen LogP contribution in [0.2, 0.25) is 0 Å². The van der Waals surface area contributed by atoms with Crippen LogP contribution in [0.15, 0.2) is 82.2 Å². The van der Waals surface area contributed by atoms with Crippen molar-refractivity contribution in [1.82, 2.24) is 20.1 Å². The van der Waals surface area contributed by atoms with Gasteiger partial charge in [0.2, 0.25) is 0 Å². The number of likely N-dealkylation sites (tertiary alicyclic amines) is 2. The number of sulfone groups is 1. The number of carbonyl (C=O) groups is 1. The molecular weight excluding hydrogens is 693 g/mol. The highest BCUT2D eigenvalue weighted by atomic mass is 79.9. The lowest BCUT2D eigenvalue weighted by Crippen LogP contribution is -2.44. The van der Waals surface area contributed by atoms with Crippen molar-refractivity contribution >= 4 is 42.6 Å². The van der Waals surface area contributed by atoms with Crippen LogP contribution in [-0.2, 0) is 16.4 Å². The van der Waals surface area contributed by atoms with Gasteiger partial charge in [-0.25, -0.2) is 13.4 Å². The van der Waals surface area contributed by atoms with Crippen molar-refractivity contribution in [3.05, 3.63) is 94.0 Å². The number of hydrogen-bond acceptors (Lipinski definition) is 6. The predicted molar refractivity (Wildman–Crippen MR) is 180 cm³/mol. The summed E-state index contributed by atoms with van der Waals surface area (Å²) in [5, 5.41) is 2.46. The van der Waals surface area contributed by atoms with E-state index in [1.54, 1.807) is 24.3 Å². The molecule has 1 aromatic heterocycles. The highest BCUT2D eigenvalue weighted by molar-refractivity contribution is 9.10. The molecule has 12 heteroatoms. The highest BCUT2D eigenvalue weighted by Gasteiger charge is 2.42. The van der Waals surface area contributed by atoms with Crippen LogP contribution in [0.25, 0.3) is 22.2 Å². The van der Waals surface area contributed by atoms with Crippen LogP contribution in [0, 0.1) is 0 Å². The Bertz CT molecular complexity index is 1870. The molecule has 2 aliphatic heterocycles. The molecule has 0 radical (unpaired) electrons. The van der Waals surface area contributed by atoms with Crippen molar-refractivity contribution in [2.24, 2.45) is 0 Å². The third kappa shape index (κ3) is 7.40. The number of aromatic nitrogens is 1. The summed E-state index contributed by atoms with van der Waals surface area (Å²) in [7, 11) is -3.82. The summed E-state index contributed by atoms with van der Waals surface area (Å²) in [6.07, 6.45) is 0.551. The Hall–Kier alpha value is -3.32. The number of nitrogens with zero attached hydrogens (tertiary/aromatic N) is 3. The number of carbonyl (C=O) groups excluding carboxylic acids is 1. The van der Waals surface area contributed by atoms with E-state index in [-0.39, 0.29) is 33.5 Å². The maximum atomic E-state index is 14.5. The molecule has 0 bridgehead atoms. The normalized spacial score (nSPS) is 17.6. The van der Waals surface area contributed by atoms with Crippen molar-refractivity contribution in [2.75, 3.05) is 32.4 Å². The van der Waals surface area contributed by atoms with Crippen LogP contribution in [0.4, 0.5) is 13.2 Å². The van der Waals surface area contributed by atoms with Crippen molar-refractivity contribution in [3.63, 3.8) is 0 Å². The Balaban J connectivity index is 1.52. The van der Waals surface area contributed by atoms with Gasteiger partial charge in [-0.2, -0.15) is 13.2 Å². The van der Waals surface area contributed by atoms with Crippen LogP contribution in [0.5, 0.6) is 0 Å². The van der Waals surface area contributed by atoms with E-state index in [1.165, 1.54) is 49.2 Å². The quantitative estimate of drug-likeness (QED) is 0.207. The number of halogens is 4. The molecule has 2 fully saturated rings. The van der Waals surface area contributed by atoms with Crippen LogP contribution in [-0.4, -0.2) is 73.8 Å². The standard InChI is InChI=1S/C35H36BrF3N4O3S/c1-47(45,46)29-14-8-13-27-30(34(44)41-33(35(37,38)39)23-9-3-2-4-10-23)28(31(40-32(27)29)24-11-7-12-25(36)21-24)22-42-19-15-26(16-20-42)43-17-5-6-18-43/h2-4,7-14,21,26,33H,5-6,15-20,22H2,1H3,(H,41,44)/t33-/m1/s1. The summed E-state index contributed by atoms with van der Waals surface area (Å²) >= 11 is 3.50. The molecule has 0 spiro atoms. The number of fused-ring (bicyclic) bond motifs is 1. The molecule has 47 heavy (non-hydrogen) atoms. The van der Waals surface area contributed by atoms with Crippen molar-refractivity contribution in [3.8, 4) is 11.3 Å². The molecule has 2 saturated heterocycles. The summed E-state index contributed by atoms with van der Waals surface area (Å²) in [4.78, 5) is 23.9. The van der Waals surface area contributed by atoms with Crippen molar-refractivity contribution < 1.29 is 26.4 Å². The second-order valence-corrected chi connectivity index (χ2v) is 15.3. The summed E-state index contributed by atoms with van der Waals surface area (Å²) in [6.45, 7) is 3.95. The smallest absolute Gasteiger partial charge is 0.337 e. The summed E-state index contributed by atoms with van der Waals surface area (Å²) in [5.74, 6) is -0.951. The lowest BCUT2D eigenvalue weighted by Gasteiger charge is -2.37. The fourth-order valence-corrected chi connectivity index (χ4v) is 8.09. The molecule has 7 nitrogen and oxygen atoms in total. The molecule has 1 N–H and O–H groups in total. The van der Waals surface area contributed by atoms with E-state index in [9.17, 15) is 26.4 Å². The van der Waals surface area contributed by atoms with E-state index in [4.69, 9.17) is 4.98 Å². The highest BCUT2D eigenvalue weighted by Crippen LogP contribution is 2.38. The molecule has 0 aliphatic carbocycles. The lowest BCUT2D eigenvalue weighted by molar-refractivity contribution is -0.155. The van der Waals surface area contributed by atoms with Crippen molar-refractivity contribution in [2.45, 2.75) is 55.4 Å². The predicted octanol–water partition coefficient (Wildman–Crippen LogP) is 7.16. The van der Waals surface area contributed by atoms with E-state index < -0.39 is 28.0 Å². The fourth-order valence-electron chi connectivity index (χ4n) is 6.86. The Kier molecular flexibility index (Phi) is 9.76. The minimum absolute atomic E-state index is 0.0117. The minimum Gasteiger partial charge on any atom is -0.337 e. The number of para-hydroxylation sites is 1. The number of piperidine rings is 1. The van der Waals surface area contributed by atoms with E-state index in [2.05, 4.69) is 31.0 Å². The Labute approximate surface area is 281 Å². The lowest BCUT2D eigenvalue weighted by atomic mass is 9.94. The Morgan fingerprint density at radius 3 is 2.30 bits per heavy atom. The number of nitrogens with one attached hydrogen (secondary N) is 1. The van der Waals surface area contributed by atoms with Crippen LogP contribution < -0.4 is 5.32 Å². The van der Waals surface area contributed by atoms with Gasteiger partial charge in [0.15, 0.2) is 15.9 Å². The molecule has 3 aromatic carbocycles. The average Bonchev–Trinajstić information content (AvgIpc) is 3.58. The van der Waals surface area contributed by atoms with Crippen LogP contribution >= 0.6 is 15.9 Å². The first kappa shape index (κ1) is 33.6. The number of amides is 1. The topological polar surface area (TPSA) is 82.6 Å². The zero-order valence-corrected chi connectivity index (χ0v) is 28.3. The molecule has 0 unspecified atom stereocenters. The van der Waals surface area contributed by atoms with E-state index in [0.29, 0.717) is 22.9 Å². The molecule has 6 rings (SSSR count). The zero-order chi connectivity index (χ0) is 33.3. The second-order valence-electron chi connectivity index (χ2n) is 12.4. The summed E-state index contributed by atoms with van der Waals surface area (Å²) in [5.41, 5.74) is 1.33. The van der Waals surface area contributed by atoms with Gasteiger partial charge in [-0.15, -0.1) is 0 Å². The maximum absolute atomic E-state index is 14.5. The van der Waals surface area contributed by atoms with Gasteiger partial charge in [-0.3, -0.25) is 9.69 Å². The second kappa shape index (κ2) is 13.7. The SMILES string of the molecule is CS(=O)(=O)c1cccc2c(C(=O)N[C@H](c3ccccc3)C(F)(F)F)c(CN3CCC(N4CCCC4)CC3)c(-c3cccc(Br)c3)nc12. The number of rotatable bonds is 8. The van der Waals surface area contributed by atoms with Gasteiger partial charge in [0, 0.05) is 39.8 Å². The first-order chi connectivity index (χ1) is 22.4. The van der Waals surface area contributed by atoms with Gasteiger partial charge in [0.05, 0.1) is 21.7 Å². The van der Waals surface area contributed by atoms with Gasteiger partial charge in [-0.1, -0.05) is 70.5 Å². The zero-order valence-electron chi connectivity index (χ0n) is 25.9. The van der Waals surface area contributed by atoms with E-state index >= 15 is 0 Å². The van der Waals surface area contributed by atoms with Crippen molar-refractivity contribution in [1.29, 1.82) is 0 Å². The molecule has 248 valence electrons. The fraction of sp³-hybridized carbons (Fsp3) is 0.371. The van der Waals surface area contributed by atoms with Gasteiger partial charge in [0.25, 0.3) is 5.91 Å². The average molecular weight is 730 g/mol. The van der Waals surface area contributed by atoms with E-state index in [1.807, 2.05) is 12.1 Å². The van der Waals surface area contributed by atoms with E-state index in [0.717, 1.165) is 49.7 Å².